The molecule has 1 amide bonds. The molecule has 1 aliphatic carbocycles. The van der Waals surface area contributed by atoms with E-state index in [1.807, 2.05) is 0 Å². The summed E-state index contributed by atoms with van der Waals surface area (Å²) in [5, 5.41) is 2.92. The molecule has 0 aromatic heterocycles. The first kappa shape index (κ1) is 12.0. The molecule has 2 saturated heterocycles. The average molecular weight is 253 g/mol. The summed E-state index contributed by atoms with van der Waals surface area (Å²) in [5.74, 6) is -0.0822. The Morgan fingerprint density at radius 2 is 2.28 bits per heavy atom. The maximum atomic E-state index is 12.1. The molecule has 5 nitrogen and oxygen atoms in total. The van der Waals surface area contributed by atoms with Crippen LogP contribution in [0.5, 0.6) is 0 Å². The van der Waals surface area contributed by atoms with Crippen LogP contribution in [0.15, 0.2) is 0 Å². The van der Waals surface area contributed by atoms with E-state index in [1.165, 1.54) is 0 Å². The summed E-state index contributed by atoms with van der Waals surface area (Å²) in [5.41, 5.74) is -1.98. The van der Waals surface area contributed by atoms with Crippen molar-refractivity contribution in [3.63, 3.8) is 0 Å². The molecule has 3 aliphatic rings. The molecule has 1 spiro atoms. The van der Waals surface area contributed by atoms with Crippen molar-refractivity contribution in [2.75, 3.05) is 6.61 Å². The van der Waals surface area contributed by atoms with Crippen LogP contribution in [-0.2, 0) is 19.1 Å². The first-order chi connectivity index (χ1) is 8.52. The van der Waals surface area contributed by atoms with Crippen molar-refractivity contribution in [2.24, 2.45) is 11.8 Å². The van der Waals surface area contributed by atoms with E-state index < -0.39 is 17.3 Å². The second kappa shape index (κ2) is 3.70. The van der Waals surface area contributed by atoms with E-state index in [-0.39, 0.29) is 18.4 Å². The zero-order chi connectivity index (χ0) is 13.0. The van der Waals surface area contributed by atoms with Gasteiger partial charge in [0.1, 0.15) is 5.72 Å². The van der Waals surface area contributed by atoms with Gasteiger partial charge >= 0.3 is 5.97 Å². The molecular weight excluding hydrogens is 234 g/mol. The van der Waals surface area contributed by atoms with Crippen LogP contribution < -0.4 is 5.32 Å². The van der Waals surface area contributed by atoms with Crippen molar-refractivity contribution >= 4 is 11.9 Å². The lowest BCUT2D eigenvalue weighted by Gasteiger charge is -2.39. The summed E-state index contributed by atoms with van der Waals surface area (Å²) in [6, 6.07) is 0. The molecule has 3 fully saturated rings. The zero-order valence-corrected chi connectivity index (χ0v) is 10.8. The molecule has 2 aliphatic heterocycles. The number of carbonyl (C=O) groups excluding carboxylic acids is 2. The number of carbonyl (C=O) groups is 2. The van der Waals surface area contributed by atoms with Crippen molar-refractivity contribution in [1.29, 1.82) is 0 Å². The van der Waals surface area contributed by atoms with E-state index in [0.29, 0.717) is 12.3 Å². The number of amides is 1. The van der Waals surface area contributed by atoms with Crippen molar-refractivity contribution in [3.05, 3.63) is 0 Å². The van der Waals surface area contributed by atoms with Gasteiger partial charge in [0.15, 0.2) is 0 Å². The number of rotatable bonds is 2. The summed E-state index contributed by atoms with van der Waals surface area (Å²) in [4.78, 5) is 24.1. The number of piperidine rings is 1. The van der Waals surface area contributed by atoms with Gasteiger partial charge in [0.2, 0.25) is 5.60 Å². The van der Waals surface area contributed by atoms with E-state index >= 15 is 0 Å². The van der Waals surface area contributed by atoms with Crippen LogP contribution in [0.1, 0.15) is 39.5 Å². The number of ether oxygens (including phenoxy) is 2. The van der Waals surface area contributed by atoms with Crippen LogP contribution in [0, 0.1) is 11.8 Å². The molecule has 2 bridgehead atoms. The lowest BCUT2D eigenvalue weighted by molar-refractivity contribution is -0.172. The third-order valence-electron chi connectivity index (χ3n) is 4.51. The highest BCUT2D eigenvalue weighted by Crippen LogP contribution is 2.54. The second-order valence-electron chi connectivity index (χ2n) is 5.78. The largest absolute Gasteiger partial charge is 0.463 e. The van der Waals surface area contributed by atoms with Gasteiger partial charge in [-0.05, 0) is 25.7 Å². The number of hydrogen-bond acceptors (Lipinski definition) is 4. The molecule has 0 radical (unpaired) electrons. The van der Waals surface area contributed by atoms with Crippen LogP contribution in [0.4, 0.5) is 0 Å². The fourth-order valence-electron chi connectivity index (χ4n) is 3.67. The maximum absolute atomic E-state index is 12.1. The standard InChI is InChI=1S/C13H19NO4/c1-3-17-11(16)12-7-9-5-4-8(2)6-13(9,18-12)14-10(12)15/h8-9H,3-7H2,1-2H3,(H,14,15)/t8-,9+,12-,13+/m0/s1. The molecule has 100 valence electrons. The van der Waals surface area contributed by atoms with E-state index in [0.717, 1.165) is 19.3 Å². The van der Waals surface area contributed by atoms with E-state index in [9.17, 15) is 9.59 Å². The molecule has 3 rings (SSSR count). The van der Waals surface area contributed by atoms with Crippen LogP contribution in [0.25, 0.3) is 0 Å². The lowest BCUT2D eigenvalue weighted by atomic mass is 9.72. The first-order valence-electron chi connectivity index (χ1n) is 6.72. The molecule has 1 N–H and O–H groups in total. The molecule has 0 aromatic carbocycles. The highest BCUT2D eigenvalue weighted by atomic mass is 16.6. The quantitative estimate of drug-likeness (QED) is 0.588. The average Bonchev–Trinajstić information content (AvgIpc) is 2.77. The topological polar surface area (TPSA) is 64.6 Å². The normalized spacial score (nSPS) is 45.6. The smallest absolute Gasteiger partial charge is 0.348 e. The minimum Gasteiger partial charge on any atom is -0.463 e. The Balaban J connectivity index is 1.91. The van der Waals surface area contributed by atoms with Gasteiger partial charge < -0.3 is 14.8 Å². The molecule has 5 heteroatoms. The highest BCUT2D eigenvalue weighted by molar-refractivity contribution is 6.08. The van der Waals surface area contributed by atoms with Gasteiger partial charge in [0, 0.05) is 12.3 Å². The summed E-state index contributed by atoms with van der Waals surface area (Å²) in [6.07, 6.45) is 3.40. The molecule has 4 atom stereocenters. The Morgan fingerprint density at radius 3 is 3.00 bits per heavy atom. The predicted molar refractivity (Wildman–Crippen MR) is 62.4 cm³/mol. The maximum Gasteiger partial charge on any atom is 0.348 e. The van der Waals surface area contributed by atoms with Gasteiger partial charge in [-0.25, -0.2) is 4.79 Å². The van der Waals surface area contributed by atoms with Crippen LogP contribution in [0.3, 0.4) is 0 Å². The first-order valence-corrected chi connectivity index (χ1v) is 6.72. The van der Waals surface area contributed by atoms with Gasteiger partial charge in [0.05, 0.1) is 6.61 Å². The van der Waals surface area contributed by atoms with Crippen LogP contribution in [0.2, 0.25) is 0 Å². The molecule has 1 saturated carbocycles. The molecule has 0 unspecified atom stereocenters. The Bertz CT molecular complexity index is 410. The second-order valence-corrected chi connectivity index (χ2v) is 5.78. The number of esters is 1. The number of hydrogen-bond donors (Lipinski definition) is 1. The molecular formula is C13H19NO4. The Hall–Kier alpha value is -1.10. The van der Waals surface area contributed by atoms with Gasteiger partial charge in [-0.1, -0.05) is 13.3 Å². The van der Waals surface area contributed by atoms with Crippen LogP contribution in [-0.4, -0.2) is 29.8 Å². The number of nitrogens with one attached hydrogen (secondary N) is 1. The number of fused-ring (bicyclic) bond motifs is 1. The lowest BCUT2D eigenvalue weighted by Crippen LogP contribution is -2.56. The Labute approximate surface area is 106 Å². The van der Waals surface area contributed by atoms with Gasteiger partial charge in [-0.3, -0.25) is 4.79 Å². The van der Waals surface area contributed by atoms with Crippen molar-refractivity contribution < 1.29 is 19.1 Å². The monoisotopic (exact) mass is 253 g/mol. The van der Waals surface area contributed by atoms with Gasteiger partial charge in [-0.15, -0.1) is 0 Å². The Kier molecular flexibility index (Phi) is 2.46. The SMILES string of the molecule is CCOC(=O)[C@]12C[C@H]3CC[C@H](C)C[C@@]3(NC1=O)O2. The van der Waals surface area contributed by atoms with Crippen molar-refractivity contribution in [2.45, 2.75) is 50.9 Å². The van der Waals surface area contributed by atoms with E-state index in [2.05, 4.69) is 12.2 Å². The van der Waals surface area contributed by atoms with Crippen molar-refractivity contribution in [3.8, 4) is 0 Å². The predicted octanol–water partition coefficient (Wildman–Crippen LogP) is 0.971. The van der Waals surface area contributed by atoms with Crippen LogP contribution >= 0.6 is 0 Å². The Morgan fingerprint density at radius 1 is 1.50 bits per heavy atom. The molecule has 18 heavy (non-hydrogen) atoms. The zero-order valence-electron chi connectivity index (χ0n) is 10.8. The highest BCUT2D eigenvalue weighted by Gasteiger charge is 2.71. The van der Waals surface area contributed by atoms with E-state index in [4.69, 9.17) is 9.47 Å². The fraction of sp³-hybridized carbons (Fsp3) is 0.846. The van der Waals surface area contributed by atoms with Crippen molar-refractivity contribution in [1.82, 2.24) is 5.32 Å². The minimum absolute atomic E-state index is 0.246. The summed E-state index contributed by atoms with van der Waals surface area (Å²) < 4.78 is 10.9. The fourth-order valence-corrected chi connectivity index (χ4v) is 3.67. The van der Waals surface area contributed by atoms with Gasteiger partial charge in [-0.2, -0.15) is 0 Å². The van der Waals surface area contributed by atoms with E-state index in [1.54, 1.807) is 6.92 Å². The molecule has 2 heterocycles. The minimum atomic E-state index is -1.37. The summed E-state index contributed by atoms with van der Waals surface area (Å²) in [6.45, 7) is 4.16. The summed E-state index contributed by atoms with van der Waals surface area (Å²) in [7, 11) is 0. The third-order valence-corrected chi connectivity index (χ3v) is 4.51. The molecule has 0 aromatic rings. The third kappa shape index (κ3) is 1.37. The van der Waals surface area contributed by atoms with Gasteiger partial charge in [0.25, 0.3) is 5.91 Å². The summed E-state index contributed by atoms with van der Waals surface area (Å²) >= 11 is 0.